The zero-order valence-electron chi connectivity index (χ0n) is 6.62. The van der Waals surface area contributed by atoms with E-state index in [2.05, 4.69) is 0 Å². The van der Waals surface area contributed by atoms with Crippen LogP contribution in [0.25, 0.3) is 0 Å². The summed E-state index contributed by atoms with van der Waals surface area (Å²) in [6.07, 6.45) is 0. The Balaban J connectivity index is 0.00000196. The number of halogens is 2. The van der Waals surface area contributed by atoms with E-state index < -0.39 is 11.9 Å². The van der Waals surface area contributed by atoms with Crippen LogP contribution in [-0.4, -0.2) is 51.7 Å². The molecule has 0 heterocycles. The molecule has 0 aliphatic rings. The molecule has 1 aromatic rings. The Bertz CT molecular complexity index is 380. The molecule has 0 aromatic heterocycles. The fourth-order valence-electron chi connectivity index (χ4n) is 0.875. The SMILES string of the molecule is O=C(O)c1cc(Cl)c(C(=O)O)cc1Cl.[NaH]. The van der Waals surface area contributed by atoms with Gasteiger partial charge in [0.05, 0.1) is 21.2 Å². The third-order valence-electron chi connectivity index (χ3n) is 1.52. The van der Waals surface area contributed by atoms with Crippen molar-refractivity contribution in [1.82, 2.24) is 0 Å². The molecule has 15 heavy (non-hydrogen) atoms. The van der Waals surface area contributed by atoms with E-state index in [0.29, 0.717) is 0 Å². The molecule has 0 amide bonds. The maximum absolute atomic E-state index is 10.6. The van der Waals surface area contributed by atoms with Crippen LogP contribution < -0.4 is 0 Å². The molecule has 1 rings (SSSR count). The zero-order chi connectivity index (χ0) is 10.9. The number of carboxylic acid groups (broad SMARTS) is 2. The fourth-order valence-corrected chi connectivity index (χ4v) is 1.36. The summed E-state index contributed by atoms with van der Waals surface area (Å²) in [5.74, 6) is -2.51. The van der Waals surface area contributed by atoms with Crippen LogP contribution in [-0.2, 0) is 0 Å². The van der Waals surface area contributed by atoms with Gasteiger partial charge in [0.1, 0.15) is 0 Å². The van der Waals surface area contributed by atoms with Gasteiger partial charge in [-0.1, -0.05) is 23.2 Å². The number of benzene rings is 1. The Morgan fingerprint density at radius 1 is 0.933 bits per heavy atom. The van der Waals surface area contributed by atoms with Crippen molar-refractivity contribution in [2.75, 3.05) is 0 Å². The summed E-state index contributed by atoms with van der Waals surface area (Å²) in [5, 5.41) is 17.0. The molecular formula is C8H5Cl2NaO4. The van der Waals surface area contributed by atoms with Crippen molar-refractivity contribution in [3.05, 3.63) is 33.3 Å². The second-order valence-electron chi connectivity index (χ2n) is 2.42. The third kappa shape index (κ3) is 3.36. The average molecular weight is 259 g/mol. The molecule has 0 atom stereocenters. The molecule has 7 heteroatoms. The minimum atomic E-state index is -1.26. The van der Waals surface area contributed by atoms with Crippen LogP contribution in [0.4, 0.5) is 0 Å². The summed E-state index contributed by atoms with van der Waals surface area (Å²) in [4.78, 5) is 21.1. The Kier molecular flexibility index (Phi) is 5.62. The van der Waals surface area contributed by atoms with E-state index in [4.69, 9.17) is 33.4 Å². The molecule has 2 N–H and O–H groups in total. The van der Waals surface area contributed by atoms with Gasteiger partial charge in [-0.25, -0.2) is 9.59 Å². The number of carboxylic acids is 2. The van der Waals surface area contributed by atoms with Crippen LogP contribution in [0.5, 0.6) is 0 Å². The first-order valence-corrected chi connectivity index (χ1v) is 4.14. The zero-order valence-corrected chi connectivity index (χ0v) is 8.13. The molecule has 4 nitrogen and oxygen atoms in total. The standard InChI is InChI=1S/C8H4Cl2O4.Na.H/c9-5-1-3(7(11)12)6(10)2-4(5)8(13)14;;/h1-2H,(H,11,12)(H,13,14);;. The van der Waals surface area contributed by atoms with Crippen LogP contribution in [0.1, 0.15) is 20.7 Å². The molecule has 0 aliphatic heterocycles. The molecule has 0 spiro atoms. The molecule has 0 radical (unpaired) electrons. The first kappa shape index (κ1) is 14.7. The number of hydrogen-bond acceptors (Lipinski definition) is 2. The van der Waals surface area contributed by atoms with E-state index in [1.807, 2.05) is 0 Å². The summed E-state index contributed by atoms with van der Waals surface area (Å²) in [6.45, 7) is 0. The van der Waals surface area contributed by atoms with Gasteiger partial charge in [-0.2, -0.15) is 0 Å². The van der Waals surface area contributed by atoms with Crippen molar-refractivity contribution in [3.8, 4) is 0 Å². The number of rotatable bonds is 2. The Morgan fingerprint density at radius 3 is 1.40 bits per heavy atom. The normalized spacial score (nSPS) is 9.20. The molecular weight excluding hydrogens is 254 g/mol. The second kappa shape index (κ2) is 5.72. The number of carbonyl (C=O) groups is 2. The predicted molar refractivity (Wildman–Crippen MR) is 57.5 cm³/mol. The Labute approximate surface area is 117 Å². The van der Waals surface area contributed by atoms with Crippen LogP contribution in [0, 0.1) is 0 Å². The number of aromatic carboxylic acids is 2. The van der Waals surface area contributed by atoms with Crippen LogP contribution >= 0.6 is 23.2 Å². The van der Waals surface area contributed by atoms with Crippen molar-refractivity contribution in [3.63, 3.8) is 0 Å². The van der Waals surface area contributed by atoms with Crippen molar-refractivity contribution < 1.29 is 19.8 Å². The molecule has 0 saturated carbocycles. The van der Waals surface area contributed by atoms with Crippen molar-refractivity contribution in [1.29, 1.82) is 0 Å². The molecule has 1 aromatic carbocycles. The summed E-state index contributed by atoms with van der Waals surface area (Å²) in [5.41, 5.74) is -0.441. The van der Waals surface area contributed by atoms with Gasteiger partial charge < -0.3 is 10.2 Å². The molecule has 0 aliphatic carbocycles. The van der Waals surface area contributed by atoms with Crippen LogP contribution in [0.3, 0.4) is 0 Å². The van der Waals surface area contributed by atoms with E-state index in [-0.39, 0.29) is 50.7 Å². The van der Waals surface area contributed by atoms with E-state index in [0.717, 1.165) is 12.1 Å². The van der Waals surface area contributed by atoms with E-state index in [1.165, 1.54) is 0 Å². The van der Waals surface area contributed by atoms with Gasteiger partial charge >= 0.3 is 41.5 Å². The topological polar surface area (TPSA) is 74.6 Å². The van der Waals surface area contributed by atoms with E-state index in [9.17, 15) is 9.59 Å². The molecule has 0 fully saturated rings. The number of hydrogen-bond donors (Lipinski definition) is 2. The van der Waals surface area contributed by atoms with Crippen LogP contribution in [0.15, 0.2) is 12.1 Å². The van der Waals surface area contributed by atoms with E-state index >= 15 is 0 Å². The predicted octanol–water partition coefficient (Wildman–Crippen LogP) is 1.74. The summed E-state index contributed by atoms with van der Waals surface area (Å²) < 4.78 is 0. The molecule has 0 bridgehead atoms. The first-order valence-electron chi connectivity index (χ1n) is 3.39. The average Bonchev–Trinajstić information content (AvgIpc) is 2.07. The monoisotopic (exact) mass is 258 g/mol. The Hall–Kier alpha value is -0.260. The third-order valence-corrected chi connectivity index (χ3v) is 2.14. The first-order chi connectivity index (χ1) is 6.43. The van der Waals surface area contributed by atoms with Gasteiger partial charge in [0.15, 0.2) is 0 Å². The van der Waals surface area contributed by atoms with E-state index in [1.54, 1.807) is 0 Å². The van der Waals surface area contributed by atoms with Gasteiger partial charge in [-0.05, 0) is 12.1 Å². The quantitative estimate of drug-likeness (QED) is 0.793. The van der Waals surface area contributed by atoms with Crippen molar-refractivity contribution in [2.24, 2.45) is 0 Å². The van der Waals surface area contributed by atoms with Gasteiger partial charge in [0.25, 0.3) is 0 Å². The van der Waals surface area contributed by atoms with Crippen molar-refractivity contribution in [2.45, 2.75) is 0 Å². The minimum absolute atomic E-state index is 0. The van der Waals surface area contributed by atoms with Crippen LogP contribution in [0.2, 0.25) is 10.0 Å². The van der Waals surface area contributed by atoms with Gasteiger partial charge in [0, 0.05) is 0 Å². The fraction of sp³-hybridized carbons (Fsp3) is 0. The maximum atomic E-state index is 10.6. The summed E-state index contributed by atoms with van der Waals surface area (Å²) >= 11 is 11.1. The van der Waals surface area contributed by atoms with Gasteiger partial charge in [0.2, 0.25) is 0 Å². The summed E-state index contributed by atoms with van der Waals surface area (Å²) in [7, 11) is 0. The molecule has 0 unspecified atom stereocenters. The summed E-state index contributed by atoms with van der Waals surface area (Å²) in [6, 6.07) is 2.02. The van der Waals surface area contributed by atoms with Gasteiger partial charge in [-0.3, -0.25) is 0 Å². The van der Waals surface area contributed by atoms with Crippen molar-refractivity contribution >= 4 is 64.7 Å². The molecule has 76 valence electrons. The molecule has 0 saturated heterocycles. The Morgan fingerprint density at radius 2 is 1.20 bits per heavy atom. The second-order valence-corrected chi connectivity index (χ2v) is 3.24. The van der Waals surface area contributed by atoms with Gasteiger partial charge in [-0.15, -0.1) is 0 Å².